The summed E-state index contributed by atoms with van der Waals surface area (Å²) in [6.07, 6.45) is 4.62. The van der Waals surface area contributed by atoms with Crippen LogP contribution in [0.15, 0.2) is 5.38 Å². The van der Waals surface area contributed by atoms with Crippen molar-refractivity contribution in [2.75, 3.05) is 6.61 Å². The summed E-state index contributed by atoms with van der Waals surface area (Å²) in [6.45, 7) is 12.8. The summed E-state index contributed by atoms with van der Waals surface area (Å²) in [5.41, 5.74) is 1.46. The molecule has 2 rings (SSSR count). The van der Waals surface area contributed by atoms with Gasteiger partial charge in [0, 0.05) is 24.6 Å². The van der Waals surface area contributed by atoms with Gasteiger partial charge in [0.05, 0.1) is 5.69 Å². The van der Waals surface area contributed by atoms with Crippen LogP contribution in [0.3, 0.4) is 0 Å². The number of rotatable bonds is 6. The van der Waals surface area contributed by atoms with Gasteiger partial charge >= 0.3 is 0 Å². The van der Waals surface area contributed by atoms with Crippen LogP contribution in [0.25, 0.3) is 0 Å². The van der Waals surface area contributed by atoms with Gasteiger partial charge < -0.3 is 10.1 Å². The number of ether oxygens (including phenoxy) is 1. The largest absolute Gasteiger partial charge is 0.368 e. The average Bonchev–Trinajstić information content (AvgIpc) is 2.89. The fraction of sp³-hybridized carbons (Fsp3) is 0.824. The summed E-state index contributed by atoms with van der Waals surface area (Å²) < 4.78 is 6.22. The highest BCUT2D eigenvalue weighted by atomic mass is 32.1. The maximum atomic E-state index is 6.22. The van der Waals surface area contributed by atoms with Crippen molar-refractivity contribution in [3.63, 3.8) is 0 Å². The van der Waals surface area contributed by atoms with Crippen molar-refractivity contribution in [2.24, 2.45) is 5.41 Å². The highest BCUT2D eigenvalue weighted by molar-refractivity contribution is 7.09. The molecule has 1 heterocycles. The second kappa shape index (κ2) is 6.76. The van der Waals surface area contributed by atoms with Crippen LogP contribution in [0.2, 0.25) is 0 Å². The predicted molar refractivity (Wildman–Crippen MR) is 89.6 cm³/mol. The zero-order valence-electron chi connectivity index (χ0n) is 14.2. The molecular weight excluding hydrogens is 280 g/mol. The van der Waals surface area contributed by atoms with Crippen molar-refractivity contribution in [3.05, 3.63) is 16.1 Å². The van der Waals surface area contributed by atoms with Crippen LogP contribution in [-0.2, 0) is 16.9 Å². The normalized spacial score (nSPS) is 20.9. The highest BCUT2D eigenvalue weighted by Crippen LogP contribution is 2.48. The zero-order valence-corrected chi connectivity index (χ0v) is 15.0. The quantitative estimate of drug-likeness (QED) is 0.841. The molecule has 0 amide bonds. The van der Waals surface area contributed by atoms with Gasteiger partial charge in [-0.15, -0.1) is 11.3 Å². The predicted octanol–water partition coefficient (Wildman–Crippen LogP) is 4.47. The molecule has 1 saturated carbocycles. The van der Waals surface area contributed by atoms with Gasteiger partial charge in [0.25, 0.3) is 0 Å². The maximum Gasteiger partial charge on any atom is 0.125 e. The fourth-order valence-electron chi connectivity index (χ4n) is 2.93. The van der Waals surface area contributed by atoms with Crippen LogP contribution >= 0.6 is 11.3 Å². The monoisotopic (exact) mass is 310 g/mol. The van der Waals surface area contributed by atoms with Crippen LogP contribution < -0.4 is 5.32 Å². The van der Waals surface area contributed by atoms with Gasteiger partial charge in [0.15, 0.2) is 0 Å². The van der Waals surface area contributed by atoms with Crippen LogP contribution in [0, 0.1) is 5.41 Å². The van der Waals surface area contributed by atoms with E-state index in [9.17, 15) is 0 Å². The summed E-state index contributed by atoms with van der Waals surface area (Å²) in [5.74, 6) is 0. The van der Waals surface area contributed by atoms with Crippen LogP contribution in [0.5, 0.6) is 0 Å². The molecule has 1 aliphatic carbocycles. The average molecular weight is 311 g/mol. The standard InChI is InChI=1S/C17H30N2OS/c1-6-20-17(9-7-16(4,5)8-10-17)15-19-14(12-21-15)11-18-13(2)3/h12-13,18H,6-11H2,1-5H3. The SMILES string of the molecule is CCOC1(c2nc(CNC(C)C)cs2)CCC(C)(C)CC1. The second-order valence-corrected chi connectivity index (χ2v) is 8.13. The minimum absolute atomic E-state index is 0.134. The van der Waals surface area contributed by atoms with Crippen molar-refractivity contribution in [1.82, 2.24) is 10.3 Å². The van der Waals surface area contributed by atoms with E-state index in [1.807, 2.05) is 0 Å². The molecule has 0 radical (unpaired) electrons. The third kappa shape index (κ3) is 4.27. The first kappa shape index (κ1) is 16.9. The van der Waals surface area contributed by atoms with Crippen molar-refractivity contribution in [3.8, 4) is 0 Å². The smallest absolute Gasteiger partial charge is 0.125 e. The minimum Gasteiger partial charge on any atom is -0.368 e. The molecule has 1 aromatic heterocycles. The second-order valence-electron chi connectivity index (χ2n) is 7.27. The summed E-state index contributed by atoms with van der Waals surface area (Å²) in [4.78, 5) is 4.88. The minimum atomic E-state index is -0.134. The lowest BCUT2D eigenvalue weighted by Crippen LogP contribution is -2.37. The van der Waals surface area contributed by atoms with Crippen LogP contribution in [0.4, 0.5) is 0 Å². The molecule has 1 fully saturated rings. The van der Waals surface area contributed by atoms with E-state index in [-0.39, 0.29) is 5.60 Å². The van der Waals surface area contributed by atoms with Crippen molar-refractivity contribution < 1.29 is 4.74 Å². The molecule has 4 heteroatoms. The van der Waals surface area contributed by atoms with Crippen LogP contribution in [0.1, 0.15) is 71.0 Å². The summed E-state index contributed by atoms with van der Waals surface area (Å²) >= 11 is 1.77. The van der Waals surface area contributed by atoms with Gasteiger partial charge in [-0.3, -0.25) is 0 Å². The Bertz CT molecular complexity index is 443. The Kier molecular flexibility index (Phi) is 5.44. The lowest BCUT2D eigenvalue weighted by Gasteiger charge is -2.42. The summed E-state index contributed by atoms with van der Waals surface area (Å²) in [6, 6.07) is 0.492. The maximum absolute atomic E-state index is 6.22. The Hall–Kier alpha value is -0.450. The van der Waals surface area contributed by atoms with Crippen molar-refractivity contribution in [1.29, 1.82) is 0 Å². The first-order chi connectivity index (χ1) is 9.87. The first-order valence-corrected chi connectivity index (χ1v) is 9.07. The van der Waals surface area contributed by atoms with E-state index in [1.54, 1.807) is 11.3 Å². The van der Waals surface area contributed by atoms with E-state index in [2.05, 4.69) is 45.3 Å². The molecule has 0 aromatic carbocycles. The molecule has 1 aromatic rings. The topological polar surface area (TPSA) is 34.1 Å². The fourth-order valence-corrected chi connectivity index (χ4v) is 3.96. The molecule has 0 aliphatic heterocycles. The van der Waals surface area contributed by atoms with E-state index in [4.69, 9.17) is 9.72 Å². The Morgan fingerprint density at radius 2 is 1.95 bits per heavy atom. The Morgan fingerprint density at radius 3 is 2.52 bits per heavy atom. The van der Waals surface area contributed by atoms with Gasteiger partial charge in [0.1, 0.15) is 10.6 Å². The Balaban J connectivity index is 2.12. The molecular formula is C17H30N2OS. The third-order valence-electron chi connectivity index (χ3n) is 4.46. The summed E-state index contributed by atoms with van der Waals surface area (Å²) in [7, 11) is 0. The van der Waals surface area contributed by atoms with Gasteiger partial charge in [-0.25, -0.2) is 4.98 Å². The number of thiazole rings is 1. The molecule has 120 valence electrons. The van der Waals surface area contributed by atoms with Gasteiger partial charge in [-0.2, -0.15) is 0 Å². The number of hydrogen-bond acceptors (Lipinski definition) is 4. The number of nitrogens with one attached hydrogen (secondary N) is 1. The first-order valence-electron chi connectivity index (χ1n) is 8.19. The lowest BCUT2D eigenvalue weighted by atomic mass is 9.71. The molecule has 0 bridgehead atoms. The van der Waals surface area contributed by atoms with E-state index < -0.39 is 0 Å². The molecule has 21 heavy (non-hydrogen) atoms. The number of nitrogens with zero attached hydrogens (tertiary/aromatic N) is 1. The number of hydrogen-bond donors (Lipinski definition) is 1. The van der Waals surface area contributed by atoms with Crippen molar-refractivity contribution >= 4 is 11.3 Å². The van der Waals surface area contributed by atoms with E-state index in [0.717, 1.165) is 31.7 Å². The van der Waals surface area contributed by atoms with E-state index in [1.165, 1.54) is 17.8 Å². The summed E-state index contributed by atoms with van der Waals surface area (Å²) in [5, 5.41) is 6.81. The third-order valence-corrected chi connectivity index (χ3v) is 5.54. The van der Waals surface area contributed by atoms with E-state index in [0.29, 0.717) is 11.5 Å². The molecule has 0 saturated heterocycles. The number of aromatic nitrogens is 1. The highest BCUT2D eigenvalue weighted by Gasteiger charge is 2.42. The van der Waals surface area contributed by atoms with Gasteiger partial charge in [-0.1, -0.05) is 27.7 Å². The molecule has 0 spiro atoms. The van der Waals surface area contributed by atoms with Gasteiger partial charge in [0.2, 0.25) is 0 Å². The molecule has 0 atom stereocenters. The Labute approximate surface area is 133 Å². The van der Waals surface area contributed by atoms with Crippen molar-refractivity contribution in [2.45, 2.75) is 78.5 Å². The van der Waals surface area contributed by atoms with E-state index >= 15 is 0 Å². The van der Waals surface area contributed by atoms with Crippen LogP contribution in [-0.4, -0.2) is 17.6 Å². The zero-order chi connectivity index (χ0) is 15.5. The molecule has 3 nitrogen and oxygen atoms in total. The molecule has 0 unspecified atom stereocenters. The van der Waals surface area contributed by atoms with Gasteiger partial charge in [-0.05, 0) is 38.0 Å². The molecule has 1 aliphatic rings. The lowest BCUT2D eigenvalue weighted by molar-refractivity contribution is -0.0891. The molecule has 1 N–H and O–H groups in total. The Morgan fingerprint density at radius 1 is 1.29 bits per heavy atom.